The van der Waals surface area contributed by atoms with Crippen LogP contribution >= 0.6 is 11.8 Å². The zero-order valence-electron chi connectivity index (χ0n) is 19.6. The summed E-state index contributed by atoms with van der Waals surface area (Å²) in [7, 11) is 0. The Balaban J connectivity index is 1.86. The largest absolute Gasteiger partial charge is 0.471 e. The summed E-state index contributed by atoms with van der Waals surface area (Å²) in [4.78, 5) is 18.5. The maximum Gasteiger partial charge on any atom is 0.471 e. The molecule has 0 bridgehead atoms. The normalized spacial score (nSPS) is 18.0. The molecule has 0 fully saturated rings. The SMILES string of the molecule is CSC1(CCc2ccccc2)CN(C(=O)C(F)(F)F)Cc2c(F)cccc2N1Cc1cc(N)ccn1. The fourth-order valence-electron chi connectivity index (χ4n) is 4.58. The molecule has 1 aliphatic heterocycles. The summed E-state index contributed by atoms with van der Waals surface area (Å²) < 4.78 is 55.9. The zero-order valence-corrected chi connectivity index (χ0v) is 20.5. The minimum absolute atomic E-state index is 0.0367. The molecule has 1 aliphatic rings. The number of rotatable bonds is 6. The van der Waals surface area contributed by atoms with Gasteiger partial charge >= 0.3 is 12.1 Å². The second kappa shape index (κ2) is 10.4. The minimum Gasteiger partial charge on any atom is -0.399 e. The van der Waals surface area contributed by atoms with Gasteiger partial charge < -0.3 is 15.5 Å². The molecule has 1 atom stereocenters. The number of carbonyl (C=O) groups is 1. The highest BCUT2D eigenvalue weighted by molar-refractivity contribution is 8.00. The highest BCUT2D eigenvalue weighted by Crippen LogP contribution is 2.44. The lowest BCUT2D eigenvalue weighted by Gasteiger charge is -2.45. The van der Waals surface area contributed by atoms with Gasteiger partial charge in [0.2, 0.25) is 0 Å². The predicted molar refractivity (Wildman–Crippen MR) is 134 cm³/mol. The number of nitrogen functional groups attached to an aromatic ring is 1. The number of thioether (sulfide) groups is 1. The Morgan fingerprint density at radius 2 is 1.89 bits per heavy atom. The molecule has 1 amide bonds. The Hall–Kier alpha value is -3.27. The molecule has 0 saturated carbocycles. The van der Waals surface area contributed by atoms with Gasteiger partial charge in [-0.05, 0) is 48.9 Å². The average molecular weight is 519 g/mol. The van der Waals surface area contributed by atoms with E-state index in [1.807, 2.05) is 35.2 Å². The number of alkyl halides is 3. The zero-order chi connectivity index (χ0) is 25.9. The number of pyridine rings is 1. The first-order valence-electron chi connectivity index (χ1n) is 11.3. The molecule has 0 saturated heterocycles. The number of amides is 1. The summed E-state index contributed by atoms with van der Waals surface area (Å²) in [5, 5.41) is 0. The third-order valence-electron chi connectivity index (χ3n) is 6.38. The third kappa shape index (κ3) is 5.43. The van der Waals surface area contributed by atoms with Crippen molar-refractivity contribution < 1.29 is 22.4 Å². The van der Waals surface area contributed by atoms with Crippen LogP contribution in [0.4, 0.5) is 28.9 Å². The highest BCUT2D eigenvalue weighted by atomic mass is 32.2. The summed E-state index contributed by atoms with van der Waals surface area (Å²) in [6.07, 6.45) is -0.788. The first-order valence-corrected chi connectivity index (χ1v) is 12.6. The van der Waals surface area contributed by atoms with E-state index in [9.17, 15) is 18.0 Å². The number of fused-ring (bicyclic) bond motifs is 1. The third-order valence-corrected chi connectivity index (χ3v) is 7.69. The quantitative estimate of drug-likeness (QED) is 0.443. The molecule has 0 radical (unpaired) electrons. The van der Waals surface area contributed by atoms with Gasteiger partial charge in [0.05, 0.1) is 25.3 Å². The smallest absolute Gasteiger partial charge is 0.399 e. The molecule has 2 N–H and O–H groups in total. The van der Waals surface area contributed by atoms with Crippen molar-refractivity contribution in [3.05, 3.63) is 89.5 Å². The second-order valence-corrected chi connectivity index (χ2v) is 9.87. The van der Waals surface area contributed by atoms with Crippen molar-refractivity contribution in [1.82, 2.24) is 9.88 Å². The van der Waals surface area contributed by atoms with Crippen LogP contribution in [-0.2, 0) is 24.3 Å². The maximum atomic E-state index is 15.1. The van der Waals surface area contributed by atoms with E-state index in [1.165, 1.54) is 23.9 Å². The predicted octanol–water partition coefficient (Wildman–Crippen LogP) is 5.41. The Kier molecular flexibility index (Phi) is 7.44. The van der Waals surface area contributed by atoms with E-state index < -0.39 is 29.3 Å². The first kappa shape index (κ1) is 25.8. The molecule has 5 nitrogen and oxygen atoms in total. The number of aromatic nitrogens is 1. The molecule has 3 aromatic rings. The molecule has 0 spiro atoms. The number of halogens is 4. The van der Waals surface area contributed by atoms with Crippen LogP contribution in [0.2, 0.25) is 0 Å². The van der Waals surface area contributed by atoms with E-state index in [4.69, 9.17) is 5.73 Å². The van der Waals surface area contributed by atoms with Gasteiger partial charge in [-0.1, -0.05) is 36.4 Å². The number of anilines is 2. The molecular weight excluding hydrogens is 492 g/mol. The first-order chi connectivity index (χ1) is 17.1. The molecule has 190 valence electrons. The van der Waals surface area contributed by atoms with Gasteiger partial charge in [-0.25, -0.2) is 4.39 Å². The summed E-state index contributed by atoms with van der Waals surface area (Å²) in [5.41, 5.74) is 8.50. The van der Waals surface area contributed by atoms with Crippen LogP contribution in [-0.4, -0.2) is 39.6 Å². The summed E-state index contributed by atoms with van der Waals surface area (Å²) in [6, 6.07) is 17.3. The number of nitrogens with two attached hydrogens (primary N) is 1. The lowest BCUT2D eigenvalue weighted by molar-refractivity contribution is -0.186. The molecule has 2 heterocycles. The van der Waals surface area contributed by atoms with Crippen LogP contribution in [0.15, 0.2) is 66.9 Å². The van der Waals surface area contributed by atoms with Gasteiger partial charge in [0.25, 0.3) is 0 Å². The van der Waals surface area contributed by atoms with Gasteiger partial charge in [-0.15, -0.1) is 11.8 Å². The molecule has 10 heteroatoms. The van der Waals surface area contributed by atoms with Crippen molar-refractivity contribution in [3.8, 4) is 0 Å². The van der Waals surface area contributed by atoms with Gasteiger partial charge in [-0.2, -0.15) is 13.2 Å². The number of hydrogen-bond donors (Lipinski definition) is 1. The van der Waals surface area contributed by atoms with Crippen molar-refractivity contribution in [2.75, 3.05) is 23.4 Å². The number of hydrogen-bond acceptors (Lipinski definition) is 5. The van der Waals surface area contributed by atoms with Crippen LogP contribution in [0, 0.1) is 5.82 Å². The summed E-state index contributed by atoms with van der Waals surface area (Å²) in [5.74, 6) is -2.66. The van der Waals surface area contributed by atoms with Crippen LogP contribution in [0.1, 0.15) is 23.2 Å². The van der Waals surface area contributed by atoms with Crippen molar-refractivity contribution in [2.24, 2.45) is 0 Å². The van der Waals surface area contributed by atoms with E-state index in [-0.39, 0.29) is 18.7 Å². The monoisotopic (exact) mass is 518 g/mol. The van der Waals surface area contributed by atoms with Crippen molar-refractivity contribution in [1.29, 1.82) is 0 Å². The van der Waals surface area contributed by atoms with Gasteiger partial charge in [0.1, 0.15) is 10.7 Å². The number of nitrogens with zero attached hydrogens (tertiary/aromatic N) is 3. The molecule has 1 aromatic heterocycles. The van der Waals surface area contributed by atoms with Crippen LogP contribution in [0.5, 0.6) is 0 Å². The van der Waals surface area contributed by atoms with Gasteiger partial charge in [0.15, 0.2) is 0 Å². The van der Waals surface area contributed by atoms with Crippen LogP contribution < -0.4 is 10.6 Å². The lowest BCUT2D eigenvalue weighted by atomic mass is 10.0. The van der Waals surface area contributed by atoms with Crippen LogP contribution in [0.3, 0.4) is 0 Å². The highest BCUT2D eigenvalue weighted by Gasteiger charge is 2.49. The number of aryl methyl sites for hydroxylation is 1. The maximum absolute atomic E-state index is 15.1. The molecule has 2 aromatic carbocycles. The average Bonchev–Trinajstić information content (AvgIpc) is 2.99. The van der Waals surface area contributed by atoms with E-state index >= 15 is 4.39 Å². The number of benzene rings is 2. The molecule has 1 unspecified atom stereocenters. The van der Waals surface area contributed by atoms with E-state index in [0.717, 1.165) is 10.5 Å². The lowest BCUT2D eigenvalue weighted by Crippen LogP contribution is -2.54. The standard InChI is InChI=1S/C26H26F4N4OS/c1-36-25(12-10-18-6-3-2-4-7-18)17-33(24(35)26(28,29)30)16-21-22(27)8-5-9-23(21)34(25)15-20-14-19(31)11-13-32-20/h2-9,11,13-14H,10,12,15-17H2,1H3,(H2,31,32). The van der Waals surface area contributed by atoms with Gasteiger partial charge in [-0.3, -0.25) is 9.78 Å². The Labute approximate surface area is 211 Å². The molecule has 4 rings (SSSR count). The fraction of sp³-hybridized carbons (Fsp3) is 0.308. The summed E-state index contributed by atoms with van der Waals surface area (Å²) >= 11 is 1.34. The van der Waals surface area contributed by atoms with Crippen molar-refractivity contribution in [3.63, 3.8) is 0 Å². The van der Waals surface area contributed by atoms with Crippen LogP contribution in [0.25, 0.3) is 0 Å². The van der Waals surface area contributed by atoms with E-state index in [1.54, 1.807) is 30.7 Å². The second-order valence-electron chi connectivity index (χ2n) is 8.70. The van der Waals surface area contributed by atoms with Gasteiger partial charge in [0, 0.05) is 23.1 Å². The Morgan fingerprint density at radius 3 is 2.56 bits per heavy atom. The molecule has 36 heavy (non-hydrogen) atoms. The minimum atomic E-state index is -5.08. The summed E-state index contributed by atoms with van der Waals surface area (Å²) in [6.45, 7) is -0.574. The van der Waals surface area contributed by atoms with Crippen molar-refractivity contribution >= 4 is 29.0 Å². The topological polar surface area (TPSA) is 62.5 Å². The fourth-order valence-corrected chi connectivity index (χ4v) is 5.55. The Morgan fingerprint density at radius 1 is 1.14 bits per heavy atom. The molecule has 0 aliphatic carbocycles. The van der Waals surface area contributed by atoms with E-state index in [2.05, 4.69) is 4.98 Å². The number of carbonyl (C=O) groups excluding carboxylic acids is 1. The van der Waals surface area contributed by atoms with Crippen molar-refractivity contribution in [2.45, 2.75) is 37.0 Å². The molecular formula is C26H26F4N4OS. The Bertz CT molecular complexity index is 1220. The van der Waals surface area contributed by atoms with E-state index in [0.29, 0.717) is 29.9 Å².